The van der Waals surface area contributed by atoms with Crippen molar-refractivity contribution in [3.8, 4) is 0 Å². The van der Waals surface area contributed by atoms with Crippen LogP contribution in [0.1, 0.15) is 69.1 Å². The highest BCUT2D eigenvalue weighted by Crippen LogP contribution is 2.37. The van der Waals surface area contributed by atoms with Crippen LogP contribution >= 0.6 is 11.3 Å². The van der Waals surface area contributed by atoms with Gasteiger partial charge in [0, 0.05) is 30.7 Å². The van der Waals surface area contributed by atoms with Crippen molar-refractivity contribution >= 4 is 33.2 Å². The summed E-state index contributed by atoms with van der Waals surface area (Å²) in [6.45, 7) is 2.85. The van der Waals surface area contributed by atoms with Crippen LogP contribution in [0.3, 0.4) is 0 Å². The summed E-state index contributed by atoms with van der Waals surface area (Å²) in [5.41, 5.74) is 1.99. The molecule has 0 aromatic carbocycles. The number of hydrogen-bond donors (Lipinski definition) is 1. The number of thiophene rings is 1. The van der Waals surface area contributed by atoms with Crippen LogP contribution < -0.4 is 4.72 Å². The summed E-state index contributed by atoms with van der Waals surface area (Å²) in [7, 11) is -0.855. The summed E-state index contributed by atoms with van der Waals surface area (Å²) in [5, 5.41) is 4.26. The fourth-order valence-electron chi connectivity index (χ4n) is 4.56. The van der Waals surface area contributed by atoms with Gasteiger partial charge in [-0.05, 0) is 43.7 Å². The maximum atomic E-state index is 13.2. The fraction of sp³-hybridized carbons (Fsp3) is 0.591. The van der Waals surface area contributed by atoms with E-state index in [1.165, 1.54) is 13.5 Å². The van der Waals surface area contributed by atoms with Crippen molar-refractivity contribution in [1.82, 2.24) is 19.4 Å². The van der Waals surface area contributed by atoms with E-state index in [2.05, 4.69) is 9.82 Å². The third kappa shape index (κ3) is 4.85. The second kappa shape index (κ2) is 9.55. The average molecular weight is 495 g/mol. The summed E-state index contributed by atoms with van der Waals surface area (Å²) in [5.74, 6) is -0.553. The minimum Gasteiger partial charge on any atom is -0.465 e. The van der Waals surface area contributed by atoms with Crippen molar-refractivity contribution in [2.24, 2.45) is 13.0 Å². The topological polar surface area (TPSA) is 111 Å². The van der Waals surface area contributed by atoms with Crippen molar-refractivity contribution in [2.45, 2.75) is 56.2 Å². The Balaban J connectivity index is 1.59. The number of sulfonamides is 1. The van der Waals surface area contributed by atoms with Crippen LogP contribution in [0.15, 0.2) is 10.3 Å². The van der Waals surface area contributed by atoms with Gasteiger partial charge in [0.2, 0.25) is 0 Å². The first-order chi connectivity index (χ1) is 15.7. The Kier molecular flexibility index (Phi) is 6.92. The van der Waals surface area contributed by atoms with E-state index < -0.39 is 16.0 Å². The lowest BCUT2D eigenvalue weighted by Gasteiger charge is -2.26. The van der Waals surface area contributed by atoms with E-state index in [4.69, 9.17) is 4.74 Å². The van der Waals surface area contributed by atoms with Gasteiger partial charge in [0.25, 0.3) is 15.9 Å². The standard InChI is InChI=1S/C22H30N4O5S2/c1-14-11-17(24-25(14)2)20(27)26-10-9-16-18(13-26)32-22(19(16)21(28)31-3)33(29,30)23-12-15-7-5-4-6-8-15/h11,15,23H,4-10,12-13H2,1-3H3. The van der Waals surface area contributed by atoms with E-state index in [0.717, 1.165) is 42.7 Å². The van der Waals surface area contributed by atoms with Crippen molar-refractivity contribution in [3.63, 3.8) is 0 Å². The van der Waals surface area contributed by atoms with Crippen LogP contribution in [0.5, 0.6) is 0 Å². The van der Waals surface area contributed by atoms with Gasteiger partial charge in [-0.25, -0.2) is 17.9 Å². The molecule has 0 bridgehead atoms. The number of carbonyl (C=O) groups is 2. The molecule has 2 aromatic rings. The lowest BCUT2D eigenvalue weighted by atomic mass is 9.90. The van der Waals surface area contributed by atoms with Gasteiger partial charge in [-0.15, -0.1) is 11.3 Å². The number of fused-ring (bicyclic) bond motifs is 1. The van der Waals surface area contributed by atoms with E-state index in [1.54, 1.807) is 22.7 Å². The predicted octanol–water partition coefficient (Wildman–Crippen LogP) is 2.63. The van der Waals surface area contributed by atoms with E-state index in [-0.39, 0.29) is 22.2 Å². The van der Waals surface area contributed by atoms with E-state index in [9.17, 15) is 18.0 Å². The molecule has 1 fully saturated rings. The molecule has 33 heavy (non-hydrogen) atoms. The maximum absolute atomic E-state index is 13.2. The van der Waals surface area contributed by atoms with E-state index >= 15 is 0 Å². The normalized spacial score (nSPS) is 17.1. The van der Waals surface area contributed by atoms with Crippen molar-refractivity contribution in [3.05, 3.63) is 33.5 Å². The van der Waals surface area contributed by atoms with Crippen LogP contribution in [0.4, 0.5) is 0 Å². The number of nitrogens with zero attached hydrogens (tertiary/aromatic N) is 3. The highest BCUT2D eigenvalue weighted by atomic mass is 32.2. The third-order valence-electron chi connectivity index (χ3n) is 6.57. The number of esters is 1. The van der Waals surface area contributed by atoms with Gasteiger partial charge in [-0.1, -0.05) is 19.3 Å². The number of carbonyl (C=O) groups excluding carboxylic acids is 2. The number of ether oxygens (including phenoxy) is 1. The van der Waals surface area contributed by atoms with Gasteiger partial charge < -0.3 is 9.64 Å². The molecule has 1 amide bonds. The molecular formula is C22H30N4O5S2. The zero-order valence-electron chi connectivity index (χ0n) is 19.2. The number of aryl methyl sites for hydroxylation is 2. The largest absolute Gasteiger partial charge is 0.465 e. The zero-order chi connectivity index (χ0) is 23.8. The summed E-state index contributed by atoms with van der Waals surface area (Å²) >= 11 is 1.05. The highest BCUT2D eigenvalue weighted by Gasteiger charge is 2.35. The molecule has 1 saturated carbocycles. The molecule has 0 unspecified atom stereocenters. The molecule has 1 aliphatic carbocycles. The Morgan fingerprint density at radius 3 is 2.64 bits per heavy atom. The second-order valence-electron chi connectivity index (χ2n) is 8.79. The molecular weight excluding hydrogens is 464 g/mol. The first-order valence-electron chi connectivity index (χ1n) is 11.2. The maximum Gasteiger partial charge on any atom is 0.340 e. The fourth-order valence-corrected chi connectivity index (χ4v) is 7.62. The molecule has 0 atom stereocenters. The first kappa shape index (κ1) is 23.9. The molecule has 9 nitrogen and oxygen atoms in total. The smallest absolute Gasteiger partial charge is 0.340 e. The highest BCUT2D eigenvalue weighted by molar-refractivity contribution is 7.91. The van der Waals surface area contributed by atoms with Crippen molar-refractivity contribution in [1.29, 1.82) is 0 Å². The molecule has 11 heteroatoms. The zero-order valence-corrected chi connectivity index (χ0v) is 20.9. The number of hydrogen-bond acceptors (Lipinski definition) is 7. The molecule has 180 valence electrons. The summed E-state index contributed by atoms with van der Waals surface area (Å²) in [6.07, 6.45) is 5.83. The van der Waals surface area contributed by atoms with Gasteiger partial charge in [0.05, 0.1) is 19.2 Å². The molecule has 1 aliphatic heterocycles. The number of amides is 1. The van der Waals surface area contributed by atoms with Crippen LogP contribution in [-0.4, -0.2) is 55.2 Å². The Bertz CT molecular complexity index is 1140. The van der Waals surface area contributed by atoms with Crippen LogP contribution in [0, 0.1) is 12.8 Å². The van der Waals surface area contributed by atoms with Gasteiger partial charge >= 0.3 is 5.97 Å². The Morgan fingerprint density at radius 1 is 1.27 bits per heavy atom. The minimum absolute atomic E-state index is 0.0156. The van der Waals surface area contributed by atoms with Crippen molar-refractivity contribution < 1.29 is 22.7 Å². The number of nitrogens with one attached hydrogen (secondary N) is 1. The van der Waals surface area contributed by atoms with E-state index in [0.29, 0.717) is 41.6 Å². The van der Waals surface area contributed by atoms with Crippen LogP contribution in [0.25, 0.3) is 0 Å². The Morgan fingerprint density at radius 2 is 2.00 bits per heavy atom. The number of aromatic nitrogens is 2. The van der Waals surface area contributed by atoms with Gasteiger partial charge in [-0.3, -0.25) is 9.48 Å². The monoisotopic (exact) mass is 494 g/mol. The summed E-state index contributed by atoms with van der Waals surface area (Å²) in [4.78, 5) is 27.9. The molecule has 4 rings (SSSR count). The molecule has 2 aromatic heterocycles. The van der Waals surface area contributed by atoms with E-state index in [1.807, 2.05) is 6.92 Å². The SMILES string of the molecule is COC(=O)c1c(S(=O)(=O)NCC2CCCCC2)sc2c1CCN(C(=O)c1cc(C)n(C)n1)C2. The van der Waals surface area contributed by atoms with Gasteiger partial charge in [0.1, 0.15) is 4.21 Å². The van der Waals surface area contributed by atoms with Crippen LogP contribution in [0.2, 0.25) is 0 Å². The second-order valence-corrected chi connectivity index (χ2v) is 11.9. The minimum atomic E-state index is -3.88. The number of methoxy groups -OCH3 is 1. The predicted molar refractivity (Wildman–Crippen MR) is 124 cm³/mol. The average Bonchev–Trinajstić information content (AvgIpc) is 3.37. The summed E-state index contributed by atoms with van der Waals surface area (Å²) in [6, 6.07) is 1.73. The molecule has 2 aliphatic rings. The molecule has 0 spiro atoms. The quantitative estimate of drug-likeness (QED) is 0.618. The molecule has 1 N–H and O–H groups in total. The molecule has 0 radical (unpaired) electrons. The first-order valence-corrected chi connectivity index (χ1v) is 13.5. The van der Waals surface area contributed by atoms with Gasteiger partial charge in [-0.2, -0.15) is 5.10 Å². The molecule has 0 saturated heterocycles. The van der Waals surface area contributed by atoms with Gasteiger partial charge in [0.15, 0.2) is 5.69 Å². The third-order valence-corrected chi connectivity index (χ3v) is 9.72. The lowest BCUT2D eigenvalue weighted by molar-refractivity contribution is 0.0595. The number of rotatable bonds is 6. The summed E-state index contributed by atoms with van der Waals surface area (Å²) < 4.78 is 35.7. The molecule has 3 heterocycles. The lowest BCUT2D eigenvalue weighted by Crippen LogP contribution is -2.36. The van der Waals surface area contributed by atoms with Crippen LogP contribution in [-0.2, 0) is 34.8 Å². The Labute approximate surface area is 198 Å². The van der Waals surface area contributed by atoms with Crippen molar-refractivity contribution in [2.75, 3.05) is 20.2 Å². The Hall–Kier alpha value is -2.24.